The molecular formula is C22H24ClN3Se. The summed E-state index contributed by atoms with van der Waals surface area (Å²) < 4.78 is 2.74. The molecule has 3 nitrogen and oxygen atoms in total. The van der Waals surface area contributed by atoms with Crippen molar-refractivity contribution in [3.8, 4) is 10.1 Å². The molecule has 5 heteroatoms. The van der Waals surface area contributed by atoms with Gasteiger partial charge in [-0.3, -0.25) is 0 Å². The number of rotatable bonds is 4. The number of fused-ring (bicyclic) bond motifs is 4. The van der Waals surface area contributed by atoms with Crippen LogP contribution in [0.4, 0.5) is 5.69 Å². The van der Waals surface area contributed by atoms with Crippen LogP contribution in [0.25, 0.3) is 30.7 Å². The van der Waals surface area contributed by atoms with Crippen LogP contribution in [0.1, 0.15) is 20.8 Å². The minimum absolute atomic E-state index is 0. The Kier molecular flexibility index (Phi) is 6.21. The molecule has 0 unspecified atom stereocenters. The third-order valence-corrected chi connectivity index (χ3v) is 7.17. The summed E-state index contributed by atoms with van der Waals surface area (Å²) in [6.45, 7) is 9.52. The van der Waals surface area contributed by atoms with Crippen molar-refractivity contribution in [3.05, 3.63) is 53.9 Å². The van der Waals surface area contributed by atoms with E-state index in [-0.39, 0.29) is 26.9 Å². The summed E-state index contributed by atoms with van der Waals surface area (Å²) in [7, 11) is 0. The zero-order chi connectivity index (χ0) is 18.1. The summed E-state index contributed by atoms with van der Waals surface area (Å²) in [6, 6.07) is 17.7. The maximum absolute atomic E-state index is 5.11. The van der Waals surface area contributed by atoms with Gasteiger partial charge in [0.1, 0.15) is 0 Å². The van der Waals surface area contributed by atoms with Crippen molar-refractivity contribution in [2.45, 2.75) is 20.8 Å². The molecule has 1 N–H and O–H groups in total. The van der Waals surface area contributed by atoms with Crippen molar-refractivity contribution in [3.63, 3.8) is 0 Å². The molecule has 0 amide bonds. The zero-order valence-corrected chi connectivity index (χ0v) is 18.4. The number of benzene rings is 3. The number of aromatic nitrogens is 1. The molecule has 1 aliphatic heterocycles. The van der Waals surface area contributed by atoms with Crippen LogP contribution in [0.5, 0.6) is 0 Å². The second-order valence-corrected chi connectivity index (χ2v) is 8.66. The fourth-order valence-corrected chi connectivity index (χ4v) is 5.69. The van der Waals surface area contributed by atoms with E-state index in [1.165, 1.54) is 30.5 Å². The van der Waals surface area contributed by atoms with Gasteiger partial charge in [0.05, 0.1) is 0 Å². The van der Waals surface area contributed by atoms with Crippen LogP contribution in [-0.4, -0.2) is 39.1 Å². The van der Waals surface area contributed by atoms with E-state index in [2.05, 4.69) is 79.2 Å². The van der Waals surface area contributed by atoms with Crippen molar-refractivity contribution in [2.75, 3.05) is 24.5 Å². The molecular weight excluding hydrogens is 421 g/mol. The first-order valence-electron chi connectivity index (χ1n) is 9.33. The molecule has 0 radical (unpaired) electrons. The van der Waals surface area contributed by atoms with Gasteiger partial charge < -0.3 is 12.4 Å². The molecule has 0 saturated heterocycles. The molecule has 1 aliphatic carbocycles. The Morgan fingerprint density at radius 3 is 2.41 bits per heavy atom. The van der Waals surface area contributed by atoms with Crippen LogP contribution < -0.4 is 27.7 Å². The molecule has 2 aromatic carbocycles. The van der Waals surface area contributed by atoms with E-state index < -0.39 is 0 Å². The maximum Gasteiger partial charge on any atom is -1.00 e. The predicted molar refractivity (Wildman–Crippen MR) is 111 cm³/mol. The Labute approximate surface area is 172 Å². The normalized spacial score (nSPS) is 11.9. The number of hydrogen-bond acceptors (Lipinski definition) is 2. The first-order chi connectivity index (χ1) is 12.7. The van der Waals surface area contributed by atoms with Crippen LogP contribution >= 0.6 is 0 Å². The second kappa shape index (κ2) is 8.43. The zero-order valence-electron chi connectivity index (χ0n) is 15.9. The Balaban J connectivity index is 0.00000210. The average Bonchev–Trinajstić information content (AvgIpc) is 2.68. The maximum atomic E-state index is 5.11. The predicted octanol–water partition coefficient (Wildman–Crippen LogP) is -0.599. The van der Waals surface area contributed by atoms with Crippen LogP contribution in [0.15, 0.2) is 48.5 Å². The van der Waals surface area contributed by atoms with Crippen LogP contribution in [0, 0.1) is 0 Å². The van der Waals surface area contributed by atoms with E-state index >= 15 is 0 Å². The first kappa shape index (κ1) is 19.9. The van der Waals surface area contributed by atoms with Gasteiger partial charge in [-0.05, 0) is 0 Å². The molecule has 0 bridgehead atoms. The average molecular weight is 445 g/mol. The molecule has 140 valence electrons. The van der Waals surface area contributed by atoms with E-state index in [0.29, 0.717) is 0 Å². The van der Waals surface area contributed by atoms with Gasteiger partial charge in [-0.1, -0.05) is 0 Å². The van der Waals surface area contributed by atoms with Crippen LogP contribution in [0.3, 0.4) is 0 Å². The van der Waals surface area contributed by atoms with Gasteiger partial charge in [0.15, 0.2) is 0 Å². The fraction of sp³-hybridized carbons (Fsp3) is 0.273. The molecule has 1 heterocycles. The van der Waals surface area contributed by atoms with Crippen LogP contribution in [0.2, 0.25) is 0 Å². The van der Waals surface area contributed by atoms with E-state index in [0.717, 1.165) is 30.8 Å². The van der Waals surface area contributed by atoms with Gasteiger partial charge in [0.2, 0.25) is 0 Å². The molecule has 0 aromatic heterocycles. The summed E-state index contributed by atoms with van der Waals surface area (Å²) in [6.07, 6.45) is 0. The molecule has 0 saturated carbocycles. The van der Waals surface area contributed by atoms with Crippen molar-refractivity contribution in [1.82, 2.24) is 4.98 Å². The largest absolute Gasteiger partial charge is 1.00 e. The van der Waals surface area contributed by atoms with Crippen molar-refractivity contribution >= 4 is 40.7 Å². The summed E-state index contributed by atoms with van der Waals surface area (Å²) in [4.78, 5) is 11.0. The monoisotopic (exact) mass is 445 g/mol. The molecule has 4 rings (SSSR count). The fourth-order valence-electron chi connectivity index (χ4n) is 3.57. The third-order valence-electron chi connectivity index (χ3n) is 4.87. The quantitative estimate of drug-likeness (QED) is 0.259. The number of halogens is 1. The molecule has 0 spiro atoms. The smallest absolute Gasteiger partial charge is 1.00 e. The summed E-state index contributed by atoms with van der Waals surface area (Å²) >= 11 is 0.280. The second-order valence-electron chi connectivity index (χ2n) is 6.38. The van der Waals surface area contributed by atoms with Crippen molar-refractivity contribution in [1.29, 1.82) is 0 Å². The topological polar surface area (TPSA) is 30.1 Å². The Morgan fingerprint density at radius 1 is 0.963 bits per heavy atom. The van der Waals surface area contributed by atoms with Gasteiger partial charge in [-0.2, -0.15) is 0 Å². The summed E-state index contributed by atoms with van der Waals surface area (Å²) in [5, 5.41) is 3.74. The summed E-state index contributed by atoms with van der Waals surface area (Å²) in [5.74, 6) is 0. The molecule has 0 atom stereocenters. The standard InChI is InChI=1S/C22H23N3Se.ClH/c1-4-23-18-14-21-22(17-10-8-7-9-16(17)18)24-19-13-15(25(5-2)6-3)11-12-20(19)26-21;/h7-14H,4-6H2,1-3H3;1H. The minimum Gasteiger partial charge on any atom is -1.00 e. The number of hydrogen-bond donors (Lipinski definition) is 1. The Hall–Kier alpha value is -1.87. The molecule has 2 aliphatic rings. The summed E-state index contributed by atoms with van der Waals surface area (Å²) in [5.41, 5.74) is 3.57. The molecule has 2 aromatic rings. The minimum atomic E-state index is 0. The first-order valence-corrected chi connectivity index (χ1v) is 11.0. The van der Waals surface area contributed by atoms with E-state index in [1.54, 1.807) is 0 Å². The number of nitrogens with one attached hydrogen (secondary N) is 1. The Bertz CT molecular complexity index is 1120. The van der Waals surface area contributed by atoms with Gasteiger partial charge >= 0.3 is 160 Å². The van der Waals surface area contributed by atoms with Gasteiger partial charge in [0.25, 0.3) is 0 Å². The number of nitrogens with zero attached hydrogens (tertiary/aromatic N) is 2. The van der Waals surface area contributed by atoms with Crippen molar-refractivity contribution < 1.29 is 17.4 Å². The van der Waals surface area contributed by atoms with Crippen molar-refractivity contribution in [2.24, 2.45) is 0 Å². The number of anilines is 1. The van der Waals surface area contributed by atoms with Gasteiger partial charge in [0, 0.05) is 0 Å². The SMILES string of the molecule is CC[NH+]=c1cc2[se]c3ccc(N(CC)CC)cc3nc-2c2ccccc12.[Cl-]. The van der Waals surface area contributed by atoms with Crippen LogP contribution in [-0.2, 0) is 0 Å². The van der Waals surface area contributed by atoms with Gasteiger partial charge in [-0.25, -0.2) is 0 Å². The Morgan fingerprint density at radius 2 is 1.70 bits per heavy atom. The van der Waals surface area contributed by atoms with E-state index in [4.69, 9.17) is 4.98 Å². The third kappa shape index (κ3) is 3.62. The van der Waals surface area contributed by atoms with E-state index in [1.807, 2.05) is 0 Å². The van der Waals surface area contributed by atoms with Gasteiger partial charge in [-0.15, -0.1) is 0 Å². The van der Waals surface area contributed by atoms with E-state index in [9.17, 15) is 0 Å². The molecule has 0 fully saturated rings. The molecule has 27 heavy (non-hydrogen) atoms.